The second-order valence-corrected chi connectivity index (χ2v) is 7.65. The highest BCUT2D eigenvalue weighted by molar-refractivity contribution is 5.85. The summed E-state index contributed by atoms with van der Waals surface area (Å²) in [7, 11) is 0. The first-order valence-electron chi connectivity index (χ1n) is 8.87. The Balaban J connectivity index is 0.00000176. The SMILES string of the molecule is CC(NC(=O)CN1CCC(CN)CC1)C1CC2CCC1C2.Cl. The van der Waals surface area contributed by atoms with Crippen LogP contribution in [0.3, 0.4) is 0 Å². The molecule has 2 bridgehead atoms. The first kappa shape index (κ1) is 18.0. The maximum Gasteiger partial charge on any atom is 0.234 e. The lowest BCUT2D eigenvalue weighted by molar-refractivity contribution is -0.123. The van der Waals surface area contributed by atoms with Crippen LogP contribution in [0.1, 0.15) is 45.4 Å². The third-order valence-corrected chi connectivity index (χ3v) is 6.23. The lowest BCUT2D eigenvalue weighted by Crippen LogP contribution is -2.47. The number of piperidine rings is 1. The summed E-state index contributed by atoms with van der Waals surface area (Å²) in [6.07, 6.45) is 7.86. The van der Waals surface area contributed by atoms with Gasteiger partial charge in [0.25, 0.3) is 0 Å². The standard InChI is InChI=1S/C17H31N3O.ClH/c1-12(16-9-14-2-3-15(16)8-14)19-17(21)11-20-6-4-13(10-18)5-7-20;/h12-16H,2-11,18H2,1H3,(H,19,21);1H. The molecular formula is C17H32ClN3O. The van der Waals surface area contributed by atoms with Gasteiger partial charge in [0.2, 0.25) is 5.91 Å². The molecule has 1 aliphatic heterocycles. The van der Waals surface area contributed by atoms with Crippen LogP contribution in [0.2, 0.25) is 0 Å². The number of nitrogens with zero attached hydrogens (tertiary/aromatic N) is 1. The van der Waals surface area contributed by atoms with E-state index in [9.17, 15) is 4.79 Å². The summed E-state index contributed by atoms with van der Waals surface area (Å²) in [6.45, 7) is 5.63. The van der Waals surface area contributed by atoms with Crippen LogP contribution in [0, 0.1) is 23.7 Å². The van der Waals surface area contributed by atoms with E-state index < -0.39 is 0 Å². The fraction of sp³-hybridized carbons (Fsp3) is 0.941. The molecule has 0 radical (unpaired) electrons. The Kier molecular flexibility index (Phi) is 6.54. The minimum Gasteiger partial charge on any atom is -0.352 e. The van der Waals surface area contributed by atoms with E-state index in [2.05, 4.69) is 17.1 Å². The van der Waals surface area contributed by atoms with Crippen molar-refractivity contribution < 1.29 is 4.79 Å². The molecule has 0 aromatic rings. The molecule has 2 aliphatic carbocycles. The molecule has 128 valence electrons. The van der Waals surface area contributed by atoms with E-state index in [1.807, 2.05) is 0 Å². The van der Waals surface area contributed by atoms with Gasteiger partial charge in [0.15, 0.2) is 0 Å². The number of amides is 1. The highest BCUT2D eigenvalue weighted by Crippen LogP contribution is 2.49. The summed E-state index contributed by atoms with van der Waals surface area (Å²) in [5, 5.41) is 3.27. The molecule has 1 amide bonds. The van der Waals surface area contributed by atoms with Crippen LogP contribution in [0.4, 0.5) is 0 Å². The number of halogens is 1. The number of nitrogens with one attached hydrogen (secondary N) is 1. The van der Waals surface area contributed by atoms with E-state index in [0.717, 1.165) is 50.2 Å². The molecule has 0 spiro atoms. The molecule has 1 saturated heterocycles. The van der Waals surface area contributed by atoms with Gasteiger partial charge in [0.05, 0.1) is 6.54 Å². The van der Waals surface area contributed by atoms with Crippen molar-refractivity contribution in [2.45, 2.75) is 51.5 Å². The molecule has 0 aromatic carbocycles. The van der Waals surface area contributed by atoms with Crippen LogP contribution >= 0.6 is 12.4 Å². The van der Waals surface area contributed by atoms with Crippen LogP contribution < -0.4 is 11.1 Å². The normalized spacial score (nSPS) is 33.5. The quantitative estimate of drug-likeness (QED) is 0.811. The van der Waals surface area contributed by atoms with Gasteiger partial charge in [-0.25, -0.2) is 0 Å². The highest BCUT2D eigenvalue weighted by atomic mass is 35.5. The van der Waals surface area contributed by atoms with Gasteiger partial charge in [-0.2, -0.15) is 0 Å². The predicted molar refractivity (Wildman–Crippen MR) is 92.0 cm³/mol. The zero-order valence-electron chi connectivity index (χ0n) is 13.8. The van der Waals surface area contributed by atoms with Crippen molar-refractivity contribution in [1.29, 1.82) is 0 Å². The molecule has 3 N–H and O–H groups in total. The van der Waals surface area contributed by atoms with Crippen molar-refractivity contribution in [3.8, 4) is 0 Å². The van der Waals surface area contributed by atoms with Gasteiger partial charge in [-0.15, -0.1) is 12.4 Å². The Bertz CT molecular complexity index is 371. The predicted octanol–water partition coefficient (Wildman–Crippen LogP) is 2.02. The van der Waals surface area contributed by atoms with Crippen molar-refractivity contribution in [2.75, 3.05) is 26.2 Å². The Morgan fingerprint density at radius 2 is 1.95 bits per heavy atom. The maximum atomic E-state index is 12.3. The van der Waals surface area contributed by atoms with Gasteiger partial charge in [-0.1, -0.05) is 6.42 Å². The van der Waals surface area contributed by atoms with Gasteiger partial charge in [0, 0.05) is 6.04 Å². The minimum absolute atomic E-state index is 0. The first-order valence-corrected chi connectivity index (χ1v) is 8.87. The topological polar surface area (TPSA) is 58.4 Å². The number of rotatable bonds is 5. The molecule has 3 aliphatic rings. The molecule has 3 fully saturated rings. The van der Waals surface area contributed by atoms with E-state index >= 15 is 0 Å². The number of carbonyl (C=O) groups is 1. The zero-order valence-corrected chi connectivity index (χ0v) is 14.6. The average molecular weight is 330 g/mol. The smallest absolute Gasteiger partial charge is 0.234 e. The van der Waals surface area contributed by atoms with Crippen LogP contribution in [0.15, 0.2) is 0 Å². The van der Waals surface area contributed by atoms with E-state index in [1.165, 1.54) is 25.7 Å². The third-order valence-electron chi connectivity index (χ3n) is 6.23. The third kappa shape index (κ3) is 4.15. The second kappa shape index (κ2) is 7.98. The molecular weight excluding hydrogens is 298 g/mol. The van der Waals surface area contributed by atoms with Crippen molar-refractivity contribution in [2.24, 2.45) is 29.4 Å². The van der Waals surface area contributed by atoms with E-state index in [-0.39, 0.29) is 18.3 Å². The summed E-state index contributed by atoms with van der Waals surface area (Å²) in [5.74, 6) is 3.45. The molecule has 1 heterocycles. The molecule has 2 saturated carbocycles. The summed E-state index contributed by atoms with van der Waals surface area (Å²) in [5.41, 5.74) is 5.72. The van der Waals surface area contributed by atoms with E-state index in [0.29, 0.717) is 18.5 Å². The largest absolute Gasteiger partial charge is 0.352 e. The number of hydrogen-bond donors (Lipinski definition) is 2. The molecule has 4 unspecified atom stereocenters. The Hall–Kier alpha value is -0.320. The number of nitrogens with two attached hydrogens (primary N) is 1. The lowest BCUT2D eigenvalue weighted by atomic mass is 9.84. The Morgan fingerprint density at radius 3 is 2.50 bits per heavy atom. The van der Waals surface area contributed by atoms with Gasteiger partial charge >= 0.3 is 0 Å². The van der Waals surface area contributed by atoms with Crippen LogP contribution in [-0.2, 0) is 4.79 Å². The monoisotopic (exact) mass is 329 g/mol. The zero-order chi connectivity index (χ0) is 14.8. The van der Waals surface area contributed by atoms with E-state index in [4.69, 9.17) is 5.73 Å². The molecule has 22 heavy (non-hydrogen) atoms. The van der Waals surface area contributed by atoms with Crippen LogP contribution in [0.5, 0.6) is 0 Å². The minimum atomic E-state index is 0. The number of fused-ring (bicyclic) bond motifs is 2. The summed E-state index contributed by atoms with van der Waals surface area (Å²) < 4.78 is 0. The fourth-order valence-electron chi connectivity index (χ4n) is 4.90. The second-order valence-electron chi connectivity index (χ2n) is 7.65. The van der Waals surface area contributed by atoms with Crippen molar-refractivity contribution in [1.82, 2.24) is 10.2 Å². The molecule has 4 atom stereocenters. The van der Waals surface area contributed by atoms with Crippen molar-refractivity contribution in [3.63, 3.8) is 0 Å². The van der Waals surface area contributed by atoms with Crippen molar-refractivity contribution in [3.05, 3.63) is 0 Å². The summed E-state index contributed by atoms with van der Waals surface area (Å²) >= 11 is 0. The maximum absolute atomic E-state index is 12.3. The molecule has 4 nitrogen and oxygen atoms in total. The molecule has 5 heteroatoms. The van der Waals surface area contributed by atoms with E-state index in [1.54, 1.807) is 0 Å². The van der Waals surface area contributed by atoms with Gasteiger partial charge in [0.1, 0.15) is 0 Å². The number of likely N-dealkylation sites (tertiary alicyclic amines) is 1. The highest BCUT2D eigenvalue weighted by Gasteiger charge is 2.42. The van der Waals surface area contributed by atoms with Gasteiger partial charge in [-0.3, -0.25) is 9.69 Å². The van der Waals surface area contributed by atoms with Crippen LogP contribution in [0.25, 0.3) is 0 Å². The average Bonchev–Trinajstić information content (AvgIpc) is 3.10. The van der Waals surface area contributed by atoms with Crippen molar-refractivity contribution >= 4 is 18.3 Å². The lowest BCUT2D eigenvalue weighted by Gasteiger charge is -2.32. The molecule has 0 aromatic heterocycles. The molecule has 3 rings (SSSR count). The number of hydrogen-bond acceptors (Lipinski definition) is 3. The fourth-order valence-corrected chi connectivity index (χ4v) is 4.90. The van der Waals surface area contributed by atoms with Gasteiger partial charge < -0.3 is 11.1 Å². The van der Waals surface area contributed by atoms with Gasteiger partial charge in [-0.05, 0) is 82.3 Å². The summed E-state index contributed by atoms with van der Waals surface area (Å²) in [4.78, 5) is 14.5. The summed E-state index contributed by atoms with van der Waals surface area (Å²) in [6, 6.07) is 0.356. The van der Waals surface area contributed by atoms with Crippen LogP contribution in [-0.4, -0.2) is 43.0 Å². The Morgan fingerprint density at radius 1 is 1.23 bits per heavy atom. The number of carbonyl (C=O) groups excluding carboxylic acids is 1. The Labute approximate surface area is 141 Å². The first-order chi connectivity index (χ1) is 10.2.